The molecule has 1 fully saturated rings. The molecule has 2 N–H and O–H groups in total. The summed E-state index contributed by atoms with van der Waals surface area (Å²) < 4.78 is 0. The Labute approximate surface area is 93.0 Å². The first-order valence-electron chi connectivity index (χ1n) is 6.32. The molecular weight excluding hydrogens is 188 g/mol. The van der Waals surface area contributed by atoms with Gasteiger partial charge in [-0.1, -0.05) is 33.1 Å². The van der Waals surface area contributed by atoms with Crippen LogP contribution in [0.3, 0.4) is 0 Å². The molecule has 1 aliphatic carbocycles. The molecule has 3 heteroatoms. The predicted molar refractivity (Wildman–Crippen MR) is 62.9 cm³/mol. The molecule has 1 aliphatic rings. The Hall–Kier alpha value is -0.730. The lowest BCUT2D eigenvalue weighted by molar-refractivity contribution is 0.216. The van der Waals surface area contributed by atoms with Crippen LogP contribution >= 0.6 is 0 Å². The van der Waals surface area contributed by atoms with Gasteiger partial charge < -0.3 is 10.6 Å². The van der Waals surface area contributed by atoms with Gasteiger partial charge in [-0.05, 0) is 25.2 Å². The molecule has 0 aliphatic heterocycles. The summed E-state index contributed by atoms with van der Waals surface area (Å²) in [7, 11) is 0. The lowest BCUT2D eigenvalue weighted by atomic mass is 9.83. The molecule has 88 valence electrons. The second-order valence-electron chi connectivity index (χ2n) is 4.46. The Bertz CT molecular complexity index is 194. The zero-order valence-corrected chi connectivity index (χ0v) is 10.0. The van der Waals surface area contributed by atoms with Crippen molar-refractivity contribution >= 4 is 6.03 Å². The number of rotatable bonds is 4. The molecule has 2 amide bonds. The topological polar surface area (TPSA) is 41.1 Å². The summed E-state index contributed by atoms with van der Waals surface area (Å²) >= 11 is 0. The number of carbonyl (C=O) groups excluding carboxylic acids is 1. The smallest absolute Gasteiger partial charge is 0.315 e. The molecule has 0 aromatic heterocycles. The van der Waals surface area contributed by atoms with E-state index in [1.165, 1.54) is 25.7 Å². The van der Waals surface area contributed by atoms with Gasteiger partial charge >= 0.3 is 6.03 Å². The quantitative estimate of drug-likeness (QED) is 0.739. The third kappa shape index (κ3) is 4.10. The number of carbonyl (C=O) groups is 1. The van der Waals surface area contributed by atoms with Crippen molar-refractivity contribution in [2.24, 2.45) is 5.92 Å². The number of nitrogens with one attached hydrogen (secondary N) is 2. The van der Waals surface area contributed by atoms with Gasteiger partial charge in [0.05, 0.1) is 0 Å². The van der Waals surface area contributed by atoms with Gasteiger partial charge in [0.25, 0.3) is 0 Å². The predicted octanol–water partition coefficient (Wildman–Crippen LogP) is 2.66. The number of hydrogen-bond donors (Lipinski definition) is 2. The Morgan fingerprint density at radius 3 is 2.67 bits per heavy atom. The molecule has 1 saturated carbocycles. The Kier molecular flexibility index (Phi) is 5.51. The zero-order valence-electron chi connectivity index (χ0n) is 10.0. The van der Waals surface area contributed by atoms with Crippen molar-refractivity contribution in [2.75, 3.05) is 6.54 Å². The van der Waals surface area contributed by atoms with Crippen LogP contribution in [0.15, 0.2) is 0 Å². The van der Waals surface area contributed by atoms with Crippen molar-refractivity contribution in [1.29, 1.82) is 0 Å². The van der Waals surface area contributed by atoms with Gasteiger partial charge in [0.2, 0.25) is 0 Å². The zero-order chi connectivity index (χ0) is 11.1. The molecule has 1 rings (SSSR count). The van der Waals surface area contributed by atoms with Crippen LogP contribution in [0.2, 0.25) is 0 Å². The highest BCUT2D eigenvalue weighted by Gasteiger charge is 2.24. The highest BCUT2D eigenvalue weighted by Crippen LogP contribution is 2.26. The molecule has 0 aromatic rings. The van der Waals surface area contributed by atoms with Crippen LogP contribution in [0.4, 0.5) is 4.79 Å². The standard InChI is InChI=1S/C12H24N2O/c1-3-9-13-12(15)14-11-8-6-5-7-10(11)4-2/h10-11H,3-9H2,1-2H3,(H2,13,14,15). The minimum Gasteiger partial charge on any atom is -0.338 e. The fourth-order valence-electron chi connectivity index (χ4n) is 2.34. The van der Waals surface area contributed by atoms with Crippen LogP contribution in [0.1, 0.15) is 52.4 Å². The first-order valence-corrected chi connectivity index (χ1v) is 6.32. The molecule has 0 radical (unpaired) electrons. The number of amides is 2. The van der Waals surface area contributed by atoms with Gasteiger partial charge in [-0.15, -0.1) is 0 Å². The van der Waals surface area contributed by atoms with E-state index in [-0.39, 0.29) is 6.03 Å². The molecule has 0 aromatic carbocycles. The van der Waals surface area contributed by atoms with Crippen molar-refractivity contribution in [2.45, 2.75) is 58.4 Å². The molecule has 0 spiro atoms. The van der Waals surface area contributed by atoms with Crippen molar-refractivity contribution in [1.82, 2.24) is 10.6 Å². The van der Waals surface area contributed by atoms with Crippen LogP contribution < -0.4 is 10.6 Å². The fourth-order valence-corrected chi connectivity index (χ4v) is 2.34. The monoisotopic (exact) mass is 212 g/mol. The minimum absolute atomic E-state index is 0.0159. The second kappa shape index (κ2) is 6.70. The largest absolute Gasteiger partial charge is 0.338 e. The first kappa shape index (κ1) is 12.3. The van der Waals surface area contributed by atoms with Gasteiger partial charge in [-0.3, -0.25) is 0 Å². The van der Waals surface area contributed by atoms with E-state index in [1.54, 1.807) is 0 Å². The average molecular weight is 212 g/mol. The summed E-state index contributed by atoms with van der Waals surface area (Å²) in [6, 6.07) is 0.419. The van der Waals surface area contributed by atoms with E-state index < -0.39 is 0 Å². The van der Waals surface area contributed by atoms with Crippen LogP contribution in [0.25, 0.3) is 0 Å². The second-order valence-corrected chi connectivity index (χ2v) is 4.46. The third-order valence-corrected chi connectivity index (χ3v) is 3.29. The van der Waals surface area contributed by atoms with Crippen molar-refractivity contribution < 1.29 is 4.79 Å². The van der Waals surface area contributed by atoms with Crippen LogP contribution in [0.5, 0.6) is 0 Å². The van der Waals surface area contributed by atoms with Crippen molar-refractivity contribution in [3.8, 4) is 0 Å². The molecule has 15 heavy (non-hydrogen) atoms. The summed E-state index contributed by atoms with van der Waals surface area (Å²) in [5.74, 6) is 0.686. The van der Waals surface area contributed by atoms with E-state index in [0.29, 0.717) is 12.0 Å². The van der Waals surface area contributed by atoms with Gasteiger partial charge in [0, 0.05) is 12.6 Å². The molecule has 0 heterocycles. The maximum absolute atomic E-state index is 11.5. The maximum atomic E-state index is 11.5. The lowest BCUT2D eigenvalue weighted by Gasteiger charge is -2.31. The van der Waals surface area contributed by atoms with Crippen LogP contribution in [0, 0.1) is 5.92 Å². The fraction of sp³-hybridized carbons (Fsp3) is 0.917. The van der Waals surface area contributed by atoms with E-state index in [4.69, 9.17) is 0 Å². The Morgan fingerprint density at radius 1 is 1.27 bits per heavy atom. The molecular formula is C12H24N2O. The average Bonchev–Trinajstić information content (AvgIpc) is 2.27. The summed E-state index contributed by atoms with van der Waals surface area (Å²) in [5.41, 5.74) is 0. The van der Waals surface area contributed by atoms with Gasteiger partial charge in [-0.2, -0.15) is 0 Å². The molecule has 0 bridgehead atoms. The number of hydrogen-bond acceptors (Lipinski definition) is 1. The van der Waals surface area contributed by atoms with E-state index in [9.17, 15) is 4.79 Å². The summed E-state index contributed by atoms with van der Waals surface area (Å²) in [5, 5.41) is 5.98. The molecule has 3 nitrogen and oxygen atoms in total. The summed E-state index contributed by atoms with van der Waals surface area (Å²) in [6.45, 7) is 5.06. The molecule has 2 atom stereocenters. The minimum atomic E-state index is 0.0159. The van der Waals surface area contributed by atoms with Gasteiger partial charge in [-0.25, -0.2) is 4.79 Å². The molecule has 0 saturated heterocycles. The normalized spacial score (nSPS) is 26.0. The van der Waals surface area contributed by atoms with Gasteiger partial charge in [0.15, 0.2) is 0 Å². The Morgan fingerprint density at radius 2 is 2.00 bits per heavy atom. The van der Waals surface area contributed by atoms with E-state index in [1.807, 2.05) is 0 Å². The van der Waals surface area contributed by atoms with Crippen molar-refractivity contribution in [3.63, 3.8) is 0 Å². The summed E-state index contributed by atoms with van der Waals surface area (Å²) in [6.07, 6.45) is 7.18. The highest BCUT2D eigenvalue weighted by atomic mass is 16.2. The third-order valence-electron chi connectivity index (χ3n) is 3.29. The van der Waals surface area contributed by atoms with Crippen LogP contribution in [-0.4, -0.2) is 18.6 Å². The van der Waals surface area contributed by atoms with Gasteiger partial charge in [0.1, 0.15) is 0 Å². The van der Waals surface area contributed by atoms with E-state index >= 15 is 0 Å². The first-order chi connectivity index (χ1) is 7.27. The van der Waals surface area contributed by atoms with E-state index in [2.05, 4.69) is 24.5 Å². The SMILES string of the molecule is CCCNC(=O)NC1CCCCC1CC. The van der Waals surface area contributed by atoms with Crippen molar-refractivity contribution in [3.05, 3.63) is 0 Å². The highest BCUT2D eigenvalue weighted by molar-refractivity contribution is 5.74. The van der Waals surface area contributed by atoms with E-state index in [0.717, 1.165) is 19.4 Å². The molecule has 2 unspecified atom stereocenters. The maximum Gasteiger partial charge on any atom is 0.315 e. The van der Waals surface area contributed by atoms with Crippen LogP contribution in [-0.2, 0) is 0 Å². The lowest BCUT2D eigenvalue weighted by Crippen LogP contribution is -2.46. The Balaban J connectivity index is 2.30. The number of urea groups is 1. The summed E-state index contributed by atoms with van der Waals surface area (Å²) in [4.78, 5) is 11.5.